The molecule has 6 nitrogen and oxygen atoms in total. The molecule has 0 unspecified atom stereocenters. The van der Waals surface area contributed by atoms with Crippen LogP contribution >= 0.6 is 0 Å². The quantitative estimate of drug-likeness (QED) is 0.818. The van der Waals surface area contributed by atoms with Crippen LogP contribution in [0.2, 0.25) is 0 Å². The fourth-order valence-electron chi connectivity index (χ4n) is 3.09. The summed E-state index contributed by atoms with van der Waals surface area (Å²) in [6.45, 7) is 2.68. The number of β-amino-alcohol motifs (C(OH)–C–C–N with tert-alkyl or cyclic N) is 1. The van der Waals surface area contributed by atoms with Crippen LogP contribution in [-0.4, -0.2) is 61.4 Å². The molecule has 122 valence electrons. The topological polar surface area (TPSA) is 79.2 Å². The normalized spacial score (nSPS) is 22.4. The molecule has 1 saturated heterocycles. The molecule has 1 aromatic rings. The summed E-state index contributed by atoms with van der Waals surface area (Å²) >= 11 is 0. The maximum absolute atomic E-state index is 11.9. The maximum Gasteiger partial charge on any atom is 0.167 e. The molecule has 1 heterocycles. The van der Waals surface area contributed by atoms with Crippen LogP contribution in [0.4, 0.5) is 0 Å². The van der Waals surface area contributed by atoms with Crippen molar-refractivity contribution in [3.63, 3.8) is 0 Å². The number of Topliss-reactive ketones (excluding diaryl/α,β-unsaturated/α-hetero) is 1. The Balaban J connectivity index is 2.59. The molecular weight excluding hydrogens is 286 g/mol. The van der Waals surface area contributed by atoms with Crippen molar-refractivity contribution >= 4 is 5.78 Å². The Kier molecular flexibility index (Phi) is 4.93. The van der Waals surface area contributed by atoms with E-state index in [0.717, 1.165) is 6.54 Å². The summed E-state index contributed by atoms with van der Waals surface area (Å²) in [7, 11) is 4.86. The molecule has 2 N–H and O–H groups in total. The molecule has 0 bridgehead atoms. The molecule has 0 aromatic heterocycles. The zero-order chi connectivity index (χ0) is 16.4. The van der Waals surface area contributed by atoms with Crippen LogP contribution in [0, 0.1) is 0 Å². The van der Waals surface area contributed by atoms with Gasteiger partial charge in [-0.3, -0.25) is 4.79 Å². The van der Waals surface area contributed by atoms with E-state index in [1.807, 2.05) is 11.9 Å². The number of piperidine rings is 1. The maximum atomic E-state index is 11.9. The van der Waals surface area contributed by atoms with Crippen LogP contribution in [0.5, 0.6) is 17.2 Å². The lowest BCUT2D eigenvalue weighted by molar-refractivity contribution is 0.0618. The van der Waals surface area contributed by atoms with Gasteiger partial charge in [0.15, 0.2) is 5.78 Å². The predicted octanol–water partition coefficient (Wildman–Crippen LogP) is 1.39. The number of ether oxygens (including phenoxy) is 2. The van der Waals surface area contributed by atoms with Crippen LogP contribution in [0.1, 0.15) is 35.2 Å². The molecular formula is C16H23NO5. The Bertz CT molecular complexity index is 572. The number of likely N-dealkylation sites (N-methyl/N-ethyl adjacent to an activating group) is 1. The molecule has 0 spiro atoms. The first-order valence-electron chi connectivity index (χ1n) is 7.26. The summed E-state index contributed by atoms with van der Waals surface area (Å²) in [5.41, 5.74) is 0.610. The largest absolute Gasteiger partial charge is 0.507 e. The summed E-state index contributed by atoms with van der Waals surface area (Å²) in [5, 5.41) is 21.0. The fourth-order valence-corrected chi connectivity index (χ4v) is 3.09. The highest BCUT2D eigenvalue weighted by Gasteiger charge is 2.34. The van der Waals surface area contributed by atoms with E-state index in [1.165, 1.54) is 21.1 Å². The number of carbonyl (C=O) groups excluding carboxylic acids is 1. The monoisotopic (exact) mass is 309 g/mol. The predicted molar refractivity (Wildman–Crippen MR) is 82.1 cm³/mol. The highest BCUT2D eigenvalue weighted by molar-refractivity contribution is 6.00. The molecule has 2 rings (SSSR count). The van der Waals surface area contributed by atoms with Crippen molar-refractivity contribution in [2.45, 2.75) is 25.4 Å². The van der Waals surface area contributed by atoms with Crippen molar-refractivity contribution in [1.29, 1.82) is 0 Å². The van der Waals surface area contributed by atoms with Gasteiger partial charge in [0.2, 0.25) is 0 Å². The van der Waals surface area contributed by atoms with E-state index in [0.29, 0.717) is 24.3 Å². The van der Waals surface area contributed by atoms with Crippen LogP contribution in [0.25, 0.3) is 0 Å². The second kappa shape index (κ2) is 6.54. The SMILES string of the molecule is COc1cc(OC)c([C@@H]2CCN(C)C[C@@H]2O)c(O)c1C(C)=O. The molecule has 0 radical (unpaired) electrons. The van der Waals surface area contributed by atoms with E-state index in [9.17, 15) is 15.0 Å². The van der Waals surface area contributed by atoms with E-state index in [4.69, 9.17) is 9.47 Å². The number of hydrogen-bond donors (Lipinski definition) is 2. The summed E-state index contributed by atoms with van der Waals surface area (Å²) in [6, 6.07) is 1.59. The molecule has 0 saturated carbocycles. The summed E-state index contributed by atoms with van der Waals surface area (Å²) < 4.78 is 10.5. The summed E-state index contributed by atoms with van der Waals surface area (Å²) in [6.07, 6.45) is 0.0392. The Morgan fingerprint density at radius 1 is 1.32 bits per heavy atom. The van der Waals surface area contributed by atoms with E-state index in [1.54, 1.807) is 6.07 Å². The number of phenolic OH excluding ortho intramolecular Hbond substituents is 1. The van der Waals surface area contributed by atoms with Gasteiger partial charge in [0.25, 0.3) is 0 Å². The first-order chi connectivity index (χ1) is 10.4. The third kappa shape index (κ3) is 2.89. The van der Waals surface area contributed by atoms with Gasteiger partial charge in [0.05, 0.1) is 20.3 Å². The lowest BCUT2D eigenvalue weighted by Gasteiger charge is -2.35. The zero-order valence-electron chi connectivity index (χ0n) is 13.4. The number of aliphatic hydroxyl groups excluding tert-OH is 1. The van der Waals surface area contributed by atoms with E-state index in [2.05, 4.69) is 0 Å². The van der Waals surface area contributed by atoms with Gasteiger partial charge in [0, 0.05) is 24.1 Å². The number of carbonyl (C=O) groups is 1. The van der Waals surface area contributed by atoms with Gasteiger partial charge in [-0.1, -0.05) is 0 Å². The van der Waals surface area contributed by atoms with Gasteiger partial charge in [-0.05, 0) is 26.9 Å². The molecule has 22 heavy (non-hydrogen) atoms. The first-order valence-corrected chi connectivity index (χ1v) is 7.26. The number of ketones is 1. The second-order valence-electron chi connectivity index (χ2n) is 5.70. The van der Waals surface area contributed by atoms with Gasteiger partial charge >= 0.3 is 0 Å². The van der Waals surface area contributed by atoms with Crippen molar-refractivity contribution < 1.29 is 24.5 Å². The smallest absolute Gasteiger partial charge is 0.167 e. The van der Waals surface area contributed by atoms with Crippen molar-refractivity contribution in [1.82, 2.24) is 4.90 Å². The molecule has 1 aliphatic rings. The number of aliphatic hydroxyl groups is 1. The summed E-state index contributed by atoms with van der Waals surface area (Å²) in [4.78, 5) is 13.9. The Hall–Kier alpha value is -1.79. The number of phenols is 1. The van der Waals surface area contributed by atoms with Gasteiger partial charge in [-0.15, -0.1) is 0 Å². The number of nitrogens with zero attached hydrogens (tertiary/aromatic N) is 1. The highest BCUT2D eigenvalue weighted by Crippen LogP contribution is 2.45. The van der Waals surface area contributed by atoms with Crippen molar-refractivity contribution in [2.75, 3.05) is 34.4 Å². The van der Waals surface area contributed by atoms with E-state index < -0.39 is 6.10 Å². The molecule has 1 aliphatic heterocycles. The van der Waals surface area contributed by atoms with Crippen LogP contribution in [-0.2, 0) is 0 Å². The van der Waals surface area contributed by atoms with Gasteiger partial charge in [0.1, 0.15) is 22.8 Å². The summed E-state index contributed by atoms with van der Waals surface area (Å²) in [5.74, 6) is -0.0332. The lowest BCUT2D eigenvalue weighted by Crippen LogP contribution is -2.40. The third-order valence-electron chi connectivity index (χ3n) is 4.21. The highest BCUT2D eigenvalue weighted by atomic mass is 16.5. The second-order valence-corrected chi connectivity index (χ2v) is 5.70. The van der Waals surface area contributed by atoms with Gasteiger partial charge in [-0.2, -0.15) is 0 Å². The number of rotatable bonds is 4. The Morgan fingerprint density at radius 3 is 2.45 bits per heavy atom. The minimum absolute atomic E-state index is 0.129. The standard InChI is InChI=1S/C16H23NO5/c1-9(18)14-12(21-3)7-13(22-4)15(16(14)20)10-5-6-17(2)8-11(10)19/h7,10-11,19-20H,5-6,8H2,1-4H3/t10-,11+/m1/s1. The fraction of sp³-hybridized carbons (Fsp3) is 0.562. The number of hydrogen-bond acceptors (Lipinski definition) is 6. The van der Waals surface area contributed by atoms with Gasteiger partial charge < -0.3 is 24.6 Å². The van der Waals surface area contributed by atoms with Crippen LogP contribution in [0.15, 0.2) is 6.07 Å². The van der Waals surface area contributed by atoms with E-state index >= 15 is 0 Å². The molecule has 2 atom stereocenters. The average molecular weight is 309 g/mol. The zero-order valence-corrected chi connectivity index (χ0v) is 13.4. The number of likely N-dealkylation sites (tertiary alicyclic amines) is 1. The van der Waals surface area contributed by atoms with Crippen molar-refractivity contribution in [3.8, 4) is 17.2 Å². The Labute approximate surface area is 130 Å². The average Bonchev–Trinajstić information content (AvgIpc) is 2.46. The molecule has 0 amide bonds. The first kappa shape index (κ1) is 16.6. The number of methoxy groups -OCH3 is 2. The molecule has 0 aliphatic carbocycles. The molecule has 1 fully saturated rings. The third-order valence-corrected chi connectivity index (χ3v) is 4.21. The molecule has 1 aromatic carbocycles. The van der Waals surface area contributed by atoms with Gasteiger partial charge in [-0.25, -0.2) is 0 Å². The van der Waals surface area contributed by atoms with E-state index in [-0.39, 0.29) is 28.8 Å². The Morgan fingerprint density at radius 2 is 1.95 bits per heavy atom. The van der Waals surface area contributed by atoms with Crippen LogP contribution < -0.4 is 9.47 Å². The minimum Gasteiger partial charge on any atom is -0.507 e. The van der Waals surface area contributed by atoms with Crippen molar-refractivity contribution in [3.05, 3.63) is 17.2 Å². The number of benzene rings is 1. The molecule has 6 heteroatoms. The van der Waals surface area contributed by atoms with Crippen molar-refractivity contribution in [2.24, 2.45) is 0 Å². The minimum atomic E-state index is -0.633. The number of aromatic hydroxyl groups is 1. The van der Waals surface area contributed by atoms with Crippen LogP contribution in [0.3, 0.4) is 0 Å². The lowest BCUT2D eigenvalue weighted by atomic mass is 9.84.